The molecule has 0 saturated carbocycles. The van der Waals surface area contributed by atoms with Gasteiger partial charge in [-0.05, 0) is 43.4 Å². The molecule has 1 saturated heterocycles. The van der Waals surface area contributed by atoms with Crippen LogP contribution in [-0.4, -0.2) is 30.5 Å². The smallest absolute Gasteiger partial charge is 0.220 e. The lowest BCUT2D eigenvalue weighted by Gasteiger charge is -2.34. The standard InChI is InChI=1S/C15H23N3O/c1-15(8-4-9-16-11-15)12-18-14(19)7-6-13-5-2-3-10-17-13/h2-3,5,10,16H,4,6-9,11-12H2,1H3,(H,18,19). The number of rotatable bonds is 5. The van der Waals surface area contributed by atoms with Crippen LogP contribution in [0.15, 0.2) is 24.4 Å². The Bertz CT molecular complexity index is 399. The Hall–Kier alpha value is -1.42. The van der Waals surface area contributed by atoms with Crippen LogP contribution in [-0.2, 0) is 11.2 Å². The van der Waals surface area contributed by atoms with Gasteiger partial charge in [0.05, 0.1) is 0 Å². The summed E-state index contributed by atoms with van der Waals surface area (Å²) in [6, 6.07) is 5.80. The first-order chi connectivity index (χ1) is 9.18. The molecule has 19 heavy (non-hydrogen) atoms. The molecule has 0 bridgehead atoms. The van der Waals surface area contributed by atoms with Crippen LogP contribution in [0.3, 0.4) is 0 Å². The van der Waals surface area contributed by atoms with Gasteiger partial charge >= 0.3 is 0 Å². The van der Waals surface area contributed by atoms with Crippen molar-refractivity contribution in [1.29, 1.82) is 0 Å². The molecule has 1 amide bonds. The van der Waals surface area contributed by atoms with Crippen molar-refractivity contribution in [2.75, 3.05) is 19.6 Å². The summed E-state index contributed by atoms with van der Waals surface area (Å²) >= 11 is 0. The molecular weight excluding hydrogens is 238 g/mol. The molecule has 2 heterocycles. The number of aromatic nitrogens is 1. The van der Waals surface area contributed by atoms with Gasteiger partial charge in [-0.2, -0.15) is 0 Å². The normalized spacial score (nSPS) is 23.0. The Morgan fingerprint density at radius 2 is 2.42 bits per heavy atom. The van der Waals surface area contributed by atoms with Gasteiger partial charge in [0, 0.05) is 31.4 Å². The van der Waals surface area contributed by atoms with Crippen molar-refractivity contribution >= 4 is 5.91 Å². The minimum Gasteiger partial charge on any atom is -0.355 e. The highest BCUT2D eigenvalue weighted by molar-refractivity contribution is 5.76. The van der Waals surface area contributed by atoms with E-state index >= 15 is 0 Å². The number of carbonyl (C=O) groups excluding carboxylic acids is 1. The average Bonchev–Trinajstić information content (AvgIpc) is 2.45. The Labute approximate surface area is 115 Å². The van der Waals surface area contributed by atoms with Gasteiger partial charge in [0.25, 0.3) is 0 Å². The number of carbonyl (C=O) groups is 1. The highest BCUT2D eigenvalue weighted by atomic mass is 16.1. The lowest BCUT2D eigenvalue weighted by molar-refractivity contribution is -0.121. The number of hydrogen-bond donors (Lipinski definition) is 2. The van der Waals surface area contributed by atoms with Crippen molar-refractivity contribution in [1.82, 2.24) is 15.6 Å². The number of nitrogens with zero attached hydrogens (tertiary/aromatic N) is 1. The summed E-state index contributed by atoms with van der Waals surface area (Å²) < 4.78 is 0. The second kappa shape index (κ2) is 6.66. The van der Waals surface area contributed by atoms with Gasteiger partial charge in [0.15, 0.2) is 0 Å². The van der Waals surface area contributed by atoms with E-state index in [9.17, 15) is 4.79 Å². The van der Waals surface area contributed by atoms with Crippen molar-refractivity contribution < 1.29 is 4.79 Å². The summed E-state index contributed by atoms with van der Waals surface area (Å²) in [5, 5.41) is 6.45. The minimum absolute atomic E-state index is 0.123. The highest BCUT2D eigenvalue weighted by Gasteiger charge is 2.26. The number of hydrogen-bond acceptors (Lipinski definition) is 3. The minimum atomic E-state index is 0.123. The lowest BCUT2D eigenvalue weighted by atomic mass is 9.83. The van der Waals surface area contributed by atoms with Crippen LogP contribution in [0.25, 0.3) is 0 Å². The van der Waals surface area contributed by atoms with Gasteiger partial charge in [0.2, 0.25) is 5.91 Å². The molecule has 1 aromatic rings. The number of amides is 1. The van der Waals surface area contributed by atoms with Crippen LogP contribution in [0.5, 0.6) is 0 Å². The molecule has 1 unspecified atom stereocenters. The third-order valence-corrected chi connectivity index (χ3v) is 3.73. The van der Waals surface area contributed by atoms with Crippen LogP contribution in [0.2, 0.25) is 0 Å². The second-order valence-electron chi connectivity index (χ2n) is 5.69. The van der Waals surface area contributed by atoms with Crippen LogP contribution in [0.1, 0.15) is 31.9 Å². The molecule has 104 valence electrons. The molecule has 1 atom stereocenters. The van der Waals surface area contributed by atoms with Gasteiger partial charge in [0.1, 0.15) is 0 Å². The predicted octanol–water partition coefficient (Wildman–Crippen LogP) is 1.52. The molecule has 1 aliphatic rings. The van der Waals surface area contributed by atoms with E-state index in [0.29, 0.717) is 12.8 Å². The summed E-state index contributed by atoms with van der Waals surface area (Å²) in [4.78, 5) is 16.1. The van der Waals surface area contributed by atoms with Crippen molar-refractivity contribution in [3.8, 4) is 0 Å². The van der Waals surface area contributed by atoms with Crippen LogP contribution >= 0.6 is 0 Å². The third kappa shape index (κ3) is 4.63. The van der Waals surface area contributed by atoms with Crippen LogP contribution in [0, 0.1) is 5.41 Å². The van der Waals surface area contributed by atoms with Gasteiger partial charge in [-0.3, -0.25) is 9.78 Å². The molecule has 0 aromatic carbocycles. The van der Waals surface area contributed by atoms with Gasteiger partial charge < -0.3 is 10.6 Å². The quantitative estimate of drug-likeness (QED) is 0.845. The Morgan fingerprint density at radius 3 is 3.11 bits per heavy atom. The SMILES string of the molecule is CC1(CNC(=O)CCc2ccccn2)CCCNC1. The molecule has 0 spiro atoms. The Balaban J connectivity index is 1.70. The Morgan fingerprint density at radius 1 is 1.53 bits per heavy atom. The van der Waals surface area contributed by atoms with Crippen molar-refractivity contribution in [2.45, 2.75) is 32.6 Å². The fourth-order valence-electron chi connectivity index (χ4n) is 2.46. The first kappa shape index (κ1) is 14.0. The molecule has 0 aliphatic carbocycles. The predicted molar refractivity (Wildman–Crippen MR) is 75.8 cm³/mol. The number of piperidine rings is 1. The van der Waals surface area contributed by atoms with Gasteiger partial charge in [-0.25, -0.2) is 0 Å². The van der Waals surface area contributed by atoms with Crippen LogP contribution in [0.4, 0.5) is 0 Å². The van der Waals surface area contributed by atoms with E-state index in [2.05, 4.69) is 22.5 Å². The van der Waals surface area contributed by atoms with E-state index in [1.807, 2.05) is 18.2 Å². The zero-order valence-corrected chi connectivity index (χ0v) is 11.6. The summed E-state index contributed by atoms with van der Waals surface area (Å²) in [7, 11) is 0. The Kier molecular flexibility index (Phi) is 4.91. The molecule has 4 nitrogen and oxygen atoms in total. The molecular formula is C15H23N3O. The molecule has 4 heteroatoms. The zero-order valence-electron chi connectivity index (χ0n) is 11.6. The fourth-order valence-corrected chi connectivity index (χ4v) is 2.46. The summed E-state index contributed by atoms with van der Waals surface area (Å²) in [5.41, 5.74) is 1.18. The fraction of sp³-hybridized carbons (Fsp3) is 0.600. The van der Waals surface area contributed by atoms with Crippen molar-refractivity contribution in [3.05, 3.63) is 30.1 Å². The van der Waals surface area contributed by atoms with E-state index in [-0.39, 0.29) is 11.3 Å². The van der Waals surface area contributed by atoms with Gasteiger partial charge in [-0.15, -0.1) is 0 Å². The summed E-state index contributed by atoms with van der Waals surface area (Å²) in [5.74, 6) is 0.123. The van der Waals surface area contributed by atoms with Crippen LogP contribution < -0.4 is 10.6 Å². The number of nitrogens with one attached hydrogen (secondary N) is 2. The van der Waals surface area contributed by atoms with Gasteiger partial charge in [-0.1, -0.05) is 13.0 Å². The van der Waals surface area contributed by atoms with E-state index in [4.69, 9.17) is 0 Å². The maximum atomic E-state index is 11.8. The molecule has 2 N–H and O–H groups in total. The summed E-state index contributed by atoms with van der Waals surface area (Å²) in [6.07, 6.45) is 5.37. The third-order valence-electron chi connectivity index (χ3n) is 3.73. The first-order valence-corrected chi connectivity index (χ1v) is 7.05. The first-order valence-electron chi connectivity index (χ1n) is 7.05. The molecule has 0 radical (unpaired) electrons. The average molecular weight is 261 g/mol. The van der Waals surface area contributed by atoms with E-state index in [1.165, 1.54) is 12.8 Å². The van der Waals surface area contributed by atoms with E-state index < -0.39 is 0 Å². The monoisotopic (exact) mass is 261 g/mol. The van der Waals surface area contributed by atoms with E-state index in [1.54, 1.807) is 6.20 Å². The molecule has 1 fully saturated rings. The number of pyridine rings is 1. The topological polar surface area (TPSA) is 54.0 Å². The summed E-state index contributed by atoms with van der Waals surface area (Å²) in [6.45, 7) is 5.09. The molecule has 2 rings (SSSR count). The van der Waals surface area contributed by atoms with Crippen molar-refractivity contribution in [2.24, 2.45) is 5.41 Å². The molecule has 1 aliphatic heterocycles. The zero-order chi connectivity index (χ0) is 13.6. The lowest BCUT2D eigenvalue weighted by Crippen LogP contribution is -2.45. The largest absolute Gasteiger partial charge is 0.355 e. The van der Waals surface area contributed by atoms with Crippen molar-refractivity contribution in [3.63, 3.8) is 0 Å². The number of aryl methyl sites for hydroxylation is 1. The van der Waals surface area contributed by atoms with E-state index in [0.717, 1.165) is 25.3 Å². The maximum absolute atomic E-state index is 11.8. The second-order valence-corrected chi connectivity index (χ2v) is 5.69. The maximum Gasteiger partial charge on any atom is 0.220 e. The highest BCUT2D eigenvalue weighted by Crippen LogP contribution is 2.24. The molecule has 1 aromatic heterocycles.